The summed E-state index contributed by atoms with van der Waals surface area (Å²) in [6, 6.07) is 7.89. The Balaban J connectivity index is 0.00000288. The Labute approximate surface area is 150 Å². The minimum absolute atomic E-state index is 0. The lowest BCUT2D eigenvalue weighted by Gasteiger charge is -2.37. The van der Waals surface area contributed by atoms with Gasteiger partial charge in [0.25, 0.3) is 0 Å². The minimum Gasteiger partial charge on any atom is -0.496 e. The normalized spacial score (nSPS) is 21.0. The lowest BCUT2D eigenvalue weighted by molar-refractivity contribution is -0.124. The van der Waals surface area contributed by atoms with Crippen LogP contribution in [0.1, 0.15) is 18.4 Å². The standard InChI is InChI=1S/C17H27N3O3.ClH/c1-22-15-7-8-20(14(9-15)10-18)12-17(21)19-11-13-5-3-4-6-16(13)23-2;/h3-6,14-15H,7-12,18H2,1-2H3,(H,19,21);1H. The second kappa shape index (κ2) is 10.5. The molecule has 1 aromatic carbocycles. The number of nitrogens with zero attached hydrogens (tertiary/aromatic N) is 1. The van der Waals surface area contributed by atoms with Gasteiger partial charge in [0.15, 0.2) is 0 Å². The summed E-state index contributed by atoms with van der Waals surface area (Å²) in [6.07, 6.45) is 2.07. The van der Waals surface area contributed by atoms with Crippen molar-refractivity contribution in [1.82, 2.24) is 10.2 Å². The Hall–Kier alpha value is -1.34. The van der Waals surface area contributed by atoms with Crippen molar-refractivity contribution in [3.63, 3.8) is 0 Å². The number of halogens is 1. The van der Waals surface area contributed by atoms with Gasteiger partial charge in [-0.05, 0) is 18.9 Å². The lowest BCUT2D eigenvalue weighted by atomic mass is 9.99. The summed E-state index contributed by atoms with van der Waals surface area (Å²) in [7, 11) is 3.36. The molecule has 0 spiro atoms. The second-order valence-electron chi connectivity index (χ2n) is 5.83. The van der Waals surface area contributed by atoms with Gasteiger partial charge in [0.05, 0.1) is 19.8 Å². The topological polar surface area (TPSA) is 76.8 Å². The fourth-order valence-corrected chi connectivity index (χ4v) is 3.01. The maximum atomic E-state index is 12.2. The fourth-order valence-electron chi connectivity index (χ4n) is 3.01. The first-order valence-electron chi connectivity index (χ1n) is 8.03. The molecule has 2 unspecified atom stereocenters. The first kappa shape index (κ1) is 20.7. The first-order valence-corrected chi connectivity index (χ1v) is 8.03. The van der Waals surface area contributed by atoms with E-state index in [4.69, 9.17) is 15.2 Å². The van der Waals surface area contributed by atoms with Crippen LogP contribution in [0.4, 0.5) is 0 Å². The molecule has 1 heterocycles. The van der Waals surface area contributed by atoms with Crippen molar-refractivity contribution < 1.29 is 14.3 Å². The maximum Gasteiger partial charge on any atom is 0.234 e. The zero-order valence-electron chi connectivity index (χ0n) is 14.4. The molecule has 0 aliphatic carbocycles. The van der Waals surface area contributed by atoms with E-state index >= 15 is 0 Å². The summed E-state index contributed by atoms with van der Waals surface area (Å²) in [4.78, 5) is 14.4. The Morgan fingerprint density at radius 1 is 1.38 bits per heavy atom. The van der Waals surface area contributed by atoms with Gasteiger partial charge in [0.1, 0.15) is 5.75 Å². The van der Waals surface area contributed by atoms with E-state index in [1.807, 2.05) is 24.3 Å². The zero-order valence-corrected chi connectivity index (χ0v) is 15.2. The van der Waals surface area contributed by atoms with E-state index in [2.05, 4.69) is 10.2 Å². The number of likely N-dealkylation sites (tertiary alicyclic amines) is 1. The molecule has 1 aromatic rings. The smallest absolute Gasteiger partial charge is 0.234 e. The van der Waals surface area contributed by atoms with Crippen LogP contribution < -0.4 is 15.8 Å². The van der Waals surface area contributed by atoms with Gasteiger partial charge in [-0.1, -0.05) is 18.2 Å². The van der Waals surface area contributed by atoms with Crippen LogP contribution in [0, 0.1) is 0 Å². The first-order chi connectivity index (χ1) is 11.2. The van der Waals surface area contributed by atoms with Crippen molar-refractivity contribution in [3.8, 4) is 5.75 Å². The highest BCUT2D eigenvalue weighted by Gasteiger charge is 2.28. The number of carbonyl (C=O) groups is 1. The van der Waals surface area contributed by atoms with E-state index in [-0.39, 0.29) is 30.5 Å². The van der Waals surface area contributed by atoms with Crippen molar-refractivity contribution in [1.29, 1.82) is 0 Å². The van der Waals surface area contributed by atoms with E-state index in [0.29, 0.717) is 19.6 Å². The number of amides is 1. The van der Waals surface area contributed by atoms with Crippen LogP contribution in [0.5, 0.6) is 5.75 Å². The molecule has 0 aromatic heterocycles. The van der Waals surface area contributed by atoms with E-state index in [9.17, 15) is 4.79 Å². The summed E-state index contributed by atoms with van der Waals surface area (Å²) in [5.74, 6) is 0.791. The third-order valence-corrected chi connectivity index (χ3v) is 4.41. The number of ether oxygens (including phenoxy) is 2. The average Bonchev–Trinajstić information content (AvgIpc) is 2.60. The summed E-state index contributed by atoms with van der Waals surface area (Å²) < 4.78 is 10.7. The Morgan fingerprint density at radius 2 is 2.12 bits per heavy atom. The number of carbonyl (C=O) groups excluding carboxylic acids is 1. The SMILES string of the molecule is COc1ccccc1CNC(=O)CN1CCC(OC)CC1CN.Cl. The third-order valence-electron chi connectivity index (χ3n) is 4.41. The van der Waals surface area contributed by atoms with E-state index in [1.54, 1.807) is 14.2 Å². The number of para-hydroxylation sites is 1. The number of hydrogen-bond acceptors (Lipinski definition) is 5. The maximum absolute atomic E-state index is 12.2. The van der Waals surface area contributed by atoms with Gasteiger partial charge in [-0.2, -0.15) is 0 Å². The minimum atomic E-state index is 0. The molecule has 7 heteroatoms. The van der Waals surface area contributed by atoms with Gasteiger partial charge in [-0.25, -0.2) is 0 Å². The number of nitrogens with two attached hydrogens (primary N) is 1. The fraction of sp³-hybridized carbons (Fsp3) is 0.588. The van der Waals surface area contributed by atoms with Gasteiger partial charge in [0.2, 0.25) is 5.91 Å². The molecule has 1 amide bonds. The predicted molar refractivity (Wildman–Crippen MR) is 96.5 cm³/mol. The molecule has 1 saturated heterocycles. The monoisotopic (exact) mass is 357 g/mol. The molecule has 6 nitrogen and oxygen atoms in total. The molecular formula is C17H28ClN3O3. The molecule has 2 atom stereocenters. The second-order valence-corrected chi connectivity index (χ2v) is 5.83. The van der Waals surface area contributed by atoms with Crippen LogP contribution in [0.25, 0.3) is 0 Å². The number of nitrogens with one attached hydrogen (secondary N) is 1. The number of benzene rings is 1. The molecule has 2 rings (SSSR count). The summed E-state index contributed by atoms with van der Waals surface area (Å²) in [5.41, 5.74) is 6.81. The zero-order chi connectivity index (χ0) is 16.7. The van der Waals surface area contributed by atoms with Crippen LogP contribution in [0.15, 0.2) is 24.3 Å². The number of rotatable bonds is 7. The van der Waals surface area contributed by atoms with Gasteiger partial charge in [0, 0.05) is 38.3 Å². The molecule has 1 aliphatic rings. The Morgan fingerprint density at radius 3 is 2.79 bits per heavy atom. The molecule has 24 heavy (non-hydrogen) atoms. The highest BCUT2D eigenvalue weighted by Crippen LogP contribution is 2.19. The molecule has 0 radical (unpaired) electrons. The Kier molecular flexibility index (Phi) is 9.07. The van der Waals surface area contributed by atoms with Crippen LogP contribution in [-0.4, -0.2) is 56.8 Å². The molecule has 0 saturated carbocycles. The number of piperidine rings is 1. The molecule has 1 fully saturated rings. The van der Waals surface area contributed by atoms with Gasteiger partial charge in [-0.3, -0.25) is 9.69 Å². The van der Waals surface area contributed by atoms with Crippen LogP contribution in [0.3, 0.4) is 0 Å². The molecule has 0 bridgehead atoms. The molecule has 1 aliphatic heterocycles. The number of methoxy groups -OCH3 is 2. The third kappa shape index (κ3) is 5.63. The highest BCUT2D eigenvalue weighted by molar-refractivity contribution is 5.85. The molecule has 3 N–H and O–H groups in total. The van der Waals surface area contributed by atoms with E-state index in [1.165, 1.54) is 0 Å². The van der Waals surface area contributed by atoms with Gasteiger partial charge >= 0.3 is 0 Å². The predicted octanol–water partition coefficient (Wildman–Crippen LogP) is 1.17. The summed E-state index contributed by atoms with van der Waals surface area (Å²) >= 11 is 0. The van der Waals surface area contributed by atoms with Crippen LogP contribution in [0.2, 0.25) is 0 Å². The molecule has 136 valence electrons. The van der Waals surface area contributed by atoms with Crippen molar-refractivity contribution in [2.45, 2.75) is 31.5 Å². The van der Waals surface area contributed by atoms with Gasteiger partial charge < -0.3 is 20.5 Å². The largest absolute Gasteiger partial charge is 0.496 e. The van der Waals surface area contributed by atoms with E-state index in [0.717, 1.165) is 30.7 Å². The summed E-state index contributed by atoms with van der Waals surface area (Å²) in [5, 5.41) is 2.96. The van der Waals surface area contributed by atoms with Crippen LogP contribution in [-0.2, 0) is 16.1 Å². The summed E-state index contributed by atoms with van der Waals surface area (Å²) in [6.45, 7) is 2.21. The van der Waals surface area contributed by atoms with Crippen molar-refractivity contribution in [2.24, 2.45) is 5.73 Å². The van der Waals surface area contributed by atoms with Crippen LogP contribution >= 0.6 is 12.4 Å². The average molecular weight is 358 g/mol. The van der Waals surface area contributed by atoms with Crippen molar-refractivity contribution in [2.75, 3.05) is 33.9 Å². The van der Waals surface area contributed by atoms with Crippen molar-refractivity contribution >= 4 is 18.3 Å². The Bertz CT molecular complexity index is 516. The van der Waals surface area contributed by atoms with E-state index < -0.39 is 0 Å². The molecular weight excluding hydrogens is 330 g/mol. The van der Waals surface area contributed by atoms with Gasteiger partial charge in [-0.15, -0.1) is 12.4 Å². The lowest BCUT2D eigenvalue weighted by Crippen LogP contribution is -2.51. The highest BCUT2D eigenvalue weighted by atomic mass is 35.5. The number of hydrogen-bond donors (Lipinski definition) is 2. The quantitative estimate of drug-likeness (QED) is 0.766. The van der Waals surface area contributed by atoms with Crippen molar-refractivity contribution in [3.05, 3.63) is 29.8 Å².